The quantitative estimate of drug-likeness (QED) is 0.833. The van der Waals surface area contributed by atoms with Crippen molar-refractivity contribution in [3.05, 3.63) is 23.7 Å². The molecule has 1 aromatic rings. The number of hydrogen-bond donors (Lipinski definition) is 1. The molecule has 1 unspecified atom stereocenters. The Morgan fingerprint density at radius 3 is 2.95 bits per heavy atom. The van der Waals surface area contributed by atoms with E-state index in [1.807, 2.05) is 17.0 Å². The summed E-state index contributed by atoms with van der Waals surface area (Å²) in [4.78, 5) is 13.5. The molecule has 1 aliphatic heterocycles. The van der Waals surface area contributed by atoms with Crippen LogP contribution in [-0.2, 0) is 17.1 Å². The molecule has 4 nitrogen and oxygen atoms in total. The monoisotopic (exact) mass is 282 g/mol. The first-order valence-electron chi connectivity index (χ1n) is 6.76. The van der Waals surface area contributed by atoms with E-state index in [0.29, 0.717) is 6.42 Å². The molecule has 0 saturated carbocycles. The molecule has 1 N–H and O–H groups in total. The van der Waals surface area contributed by atoms with Crippen molar-refractivity contribution < 1.29 is 9.21 Å². The van der Waals surface area contributed by atoms with E-state index in [1.165, 1.54) is 0 Å². The van der Waals surface area contributed by atoms with Crippen molar-refractivity contribution in [2.24, 2.45) is 0 Å². The maximum absolute atomic E-state index is 11.5. The number of nitrogens with one attached hydrogen (secondary N) is 1. The number of hydrogen-bond acceptors (Lipinski definition) is 4. The van der Waals surface area contributed by atoms with Crippen LogP contribution in [0.15, 0.2) is 16.5 Å². The van der Waals surface area contributed by atoms with Gasteiger partial charge in [-0.15, -0.1) is 0 Å². The molecule has 1 saturated heterocycles. The molecule has 0 aliphatic carbocycles. The van der Waals surface area contributed by atoms with Gasteiger partial charge in [0.15, 0.2) is 0 Å². The third kappa shape index (κ3) is 4.28. The average Bonchev–Trinajstić information content (AvgIpc) is 2.98. The van der Waals surface area contributed by atoms with Crippen LogP contribution < -0.4 is 5.32 Å². The summed E-state index contributed by atoms with van der Waals surface area (Å²) in [6.45, 7) is 4.52. The number of likely N-dealkylation sites (tertiary alicyclic amines) is 1. The third-order valence-corrected chi connectivity index (χ3v) is 3.87. The maximum atomic E-state index is 11.5. The van der Waals surface area contributed by atoms with Crippen LogP contribution in [0.25, 0.3) is 0 Å². The van der Waals surface area contributed by atoms with Crippen molar-refractivity contribution in [1.82, 2.24) is 10.2 Å². The highest BCUT2D eigenvalue weighted by Gasteiger charge is 2.21. The van der Waals surface area contributed by atoms with Gasteiger partial charge in [0.1, 0.15) is 11.5 Å². The second-order valence-electron chi connectivity index (χ2n) is 5.03. The van der Waals surface area contributed by atoms with Gasteiger partial charge in [-0.05, 0) is 31.7 Å². The van der Waals surface area contributed by atoms with Crippen LogP contribution in [0.1, 0.15) is 31.3 Å². The normalized spacial score (nSPS) is 17.2. The van der Waals surface area contributed by atoms with Crippen LogP contribution in [-0.4, -0.2) is 36.2 Å². The van der Waals surface area contributed by atoms with E-state index >= 15 is 0 Å². The van der Waals surface area contributed by atoms with Gasteiger partial charge in [-0.1, -0.05) is 0 Å². The number of nitrogens with zero attached hydrogens (tertiary/aromatic N) is 1. The molecule has 2 rings (SSSR count). The number of thioether (sulfide) groups is 1. The predicted octanol–water partition coefficient (Wildman–Crippen LogP) is 2.24. The van der Waals surface area contributed by atoms with E-state index in [1.54, 1.807) is 11.8 Å². The Morgan fingerprint density at radius 1 is 1.47 bits per heavy atom. The topological polar surface area (TPSA) is 45.5 Å². The Bertz CT molecular complexity index is 419. The van der Waals surface area contributed by atoms with E-state index in [-0.39, 0.29) is 11.9 Å². The van der Waals surface area contributed by atoms with Gasteiger partial charge in [-0.3, -0.25) is 4.79 Å². The molecule has 1 amide bonds. The van der Waals surface area contributed by atoms with Crippen LogP contribution in [0.3, 0.4) is 0 Å². The lowest BCUT2D eigenvalue weighted by atomic mass is 10.3. The van der Waals surface area contributed by atoms with E-state index < -0.39 is 0 Å². The SMILES string of the molecule is CSCc1ccc(CNC(C)CN2CCCC2=O)o1. The molecule has 19 heavy (non-hydrogen) atoms. The van der Waals surface area contributed by atoms with E-state index in [9.17, 15) is 4.79 Å². The fourth-order valence-corrected chi connectivity index (χ4v) is 2.74. The minimum Gasteiger partial charge on any atom is -0.464 e. The molecule has 1 aliphatic rings. The predicted molar refractivity (Wildman–Crippen MR) is 78.0 cm³/mol. The summed E-state index contributed by atoms with van der Waals surface area (Å²) in [6, 6.07) is 4.34. The number of carbonyl (C=O) groups is 1. The summed E-state index contributed by atoms with van der Waals surface area (Å²) in [5.41, 5.74) is 0. The van der Waals surface area contributed by atoms with Crippen LogP contribution in [0.4, 0.5) is 0 Å². The zero-order chi connectivity index (χ0) is 13.7. The Hall–Kier alpha value is -0.940. The summed E-state index contributed by atoms with van der Waals surface area (Å²) >= 11 is 1.76. The molecule has 0 bridgehead atoms. The maximum Gasteiger partial charge on any atom is 0.222 e. The first-order valence-corrected chi connectivity index (χ1v) is 8.16. The van der Waals surface area contributed by atoms with Crippen molar-refractivity contribution in [2.75, 3.05) is 19.3 Å². The van der Waals surface area contributed by atoms with Crippen molar-refractivity contribution in [3.63, 3.8) is 0 Å². The van der Waals surface area contributed by atoms with Crippen LogP contribution in [0.5, 0.6) is 0 Å². The van der Waals surface area contributed by atoms with E-state index in [4.69, 9.17) is 4.42 Å². The highest BCUT2D eigenvalue weighted by molar-refractivity contribution is 7.97. The second-order valence-corrected chi connectivity index (χ2v) is 5.89. The molecule has 1 aromatic heterocycles. The smallest absolute Gasteiger partial charge is 0.222 e. The van der Waals surface area contributed by atoms with Gasteiger partial charge in [-0.2, -0.15) is 11.8 Å². The van der Waals surface area contributed by atoms with Gasteiger partial charge in [0.25, 0.3) is 0 Å². The average molecular weight is 282 g/mol. The zero-order valence-electron chi connectivity index (χ0n) is 11.6. The van der Waals surface area contributed by atoms with Gasteiger partial charge in [0.2, 0.25) is 5.91 Å². The molecule has 106 valence electrons. The Balaban J connectivity index is 1.73. The fraction of sp³-hybridized carbons (Fsp3) is 0.643. The molecule has 1 atom stereocenters. The number of rotatable bonds is 7. The largest absolute Gasteiger partial charge is 0.464 e. The lowest BCUT2D eigenvalue weighted by Crippen LogP contribution is -2.39. The van der Waals surface area contributed by atoms with Crippen LogP contribution >= 0.6 is 11.8 Å². The van der Waals surface area contributed by atoms with E-state index in [0.717, 1.165) is 43.3 Å². The summed E-state index contributed by atoms with van der Waals surface area (Å²) in [5.74, 6) is 3.18. The lowest BCUT2D eigenvalue weighted by molar-refractivity contribution is -0.127. The summed E-state index contributed by atoms with van der Waals surface area (Å²) < 4.78 is 5.70. The highest BCUT2D eigenvalue weighted by atomic mass is 32.2. The van der Waals surface area contributed by atoms with Crippen LogP contribution in [0.2, 0.25) is 0 Å². The summed E-state index contributed by atoms with van der Waals surface area (Å²) in [7, 11) is 0. The first kappa shape index (κ1) is 14.5. The minimum atomic E-state index is 0.286. The van der Waals surface area contributed by atoms with E-state index in [2.05, 4.69) is 18.5 Å². The molecular formula is C14H22N2O2S. The van der Waals surface area contributed by atoms with Gasteiger partial charge in [0.05, 0.1) is 12.3 Å². The lowest BCUT2D eigenvalue weighted by Gasteiger charge is -2.21. The Morgan fingerprint density at radius 2 is 2.26 bits per heavy atom. The number of carbonyl (C=O) groups excluding carboxylic acids is 1. The highest BCUT2D eigenvalue weighted by Crippen LogP contribution is 2.14. The van der Waals surface area contributed by atoms with Crippen molar-refractivity contribution in [1.29, 1.82) is 0 Å². The summed E-state index contributed by atoms with van der Waals surface area (Å²) in [6.07, 6.45) is 3.78. The van der Waals surface area contributed by atoms with Gasteiger partial charge in [-0.25, -0.2) is 0 Å². The van der Waals surface area contributed by atoms with Crippen molar-refractivity contribution >= 4 is 17.7 Å². The zero-order valence-corrected chi connectivity index (χ0v) is 12.5. The van der Waals surface area contributed by atoms with Gasteiger partial charge >= 0.3 is 0 Å². The third-order valence-electron chi connectivity index (χ3n) is 3.29. The Labute approximate surface area is 118 Å². The van der Waals surface area contributed by atoms with Crippen molar-refractivity contribution in [3.8, 4) is 0 Å². The number of furan rings is 1. The molecule has 0 spiro atoms. The van der Waals surface area contributed by atoms with Gasteiger partial charge < -0.3 is 14.6 Å². The first-order chi connectivity index (χ1) is 9.19. The minimum absolute atomic E-state index is 0.286. The summed E-state index contributed by atoms with van der Waals surface area (Å²) in [5, 5.41) is 3.41. The standard InChI is InChI=1S/C14H22N2O2S/c1-11(9-16-7-3-4-14(16)17)15-8-12-5-6-13(18-12)10-19-2/h5-6,11,15H,3-4,7-10H2,1-2H3. The second kappa shape index (κ2) is 7.01. The molecule has 5 heteroatoms. The Kier molecular flexibility index (Phi) is 5.34. The van der Waals surface area contributed by atoms with Crippen LogP contribution in [0, 0.1) is 0 Å². The molecule has 2 heterocycles. The molecule has 1 fully saturated rings. The molecule has 0 aromatic carbocycles. The number of amides is 1. The van der Waals surface area contributed by atoms with Crippen molar-refractivity contribution in [2.45, 2.75) is 38.1 Å². The fourth-order valence-electron chi connectivity index (χ4n) is 2.30. The molecule has 0 radical (unpaired) electrons. The molecular weight excluding hydrogens is 260 g/mol. The van der Waals surface area contributed by atoms with Gasteiger partial charge in [0, 0.05) is 25.6 Å².